The summed E-state index contributed by atoms with van der Waals surface area (Å²) in [6.07, 6.45) is 7.90. The fourth-order valence-corrected chi connectivity index (χ4v) is 7.43. The van der Waals surface area contributed by atoms with Crippen LogP contribution in [0.5, 0.6) is 5.75 Å². The molecule has 1 N–H and O–H groups in total. The minimum atomic E-state index is -2.95. The van der Waals surface area contributed by atoms with Gasteiger partial charge in [0.1, 0.15) is 11.9 Å². The van der Waals surface area contributed by atoms with Crippen LogP contribution in [-0.2, 0) is 5.54 Å². The fraction of sp³-hybridized carbons (Fsp3) is 0.500. The third-order valence-corrected chi connectivity index (χ3v) is 8.34. The first-order valence-corrected chi connectivity index (χ1v) is 12.0. The molecule has 4 fully saturated rings. The molecule has 4 bridgehead atoms. The van der Waals surface area contributed by atoms with Gasteiger partial charge in [0.15, 0.2) is 5.13 Å². The van der Waals surface area contributed by atoms with Gasteiger partial charge >= 0.3 is 12.3 Å². The predicted molar refractivity (Wildman–Crippen MR) is 119 cm³/mol. The maximum absolute atomic E-state index is 13.0. The highest BCUT2D eigenvalue weighted by Gasteiger charge is 2.53. The number of nitrogens with one attached hydrogen (secondary N) is 1. The van der Waals surface area contributed by atoms with Crippen molar-refractivity contribution in [3.63, 3.8) is 0 Å². The molecule has 2 aromatic heterocycles. The zero-order valence-electron chi connectivity index (χ0n) is 17.9. The standard InChI is InChI=1S/C22H21F2N5O4S/c23-20(24)33-14-1-2-15-17(6-14)34-21(25-15)26-19(30)18-16(29(31)32)10-28(27-18)22-7-11-3-12(8-22)5-13(4-11)9-22/h1-2,6,10-13,20H,3-5,7-9H2,(H,25,26,30). The summed E-state index contributed by atoms with van der Waals surface area (Å²) in [7, 11) is 0. The van der Waals surface area contributed by atoms with Crippen LogP contribution in [-0.4, -0.2) is 32.2 Å². The van der Waals surface area contributed by atoms with E-state index in [9.17, 15) is 23.7 Å². The number of hydrogen-bond donors (Lipinski definition) is 1. The van der Waals surface area contributed by atoms with Crippen LogP contribution in [0.15, 0.2) is 24.4 Å². The van der Waals surface area contributed by atoms with Gasteiger partial charge in [-0.3, -0.25) is 24.9 Å². The molecular formula is C22H21F2N5O4S. The van der Waals surface area contributed by atoms with E-state index in [0.29, 0.717) is 28.0 Å². The van der Waals surface area contributed by atoms with Crippen LogP contribution >= 0.6 is 11.3 Å². The highest BCUT2D eigenvalue weighted by atomic mass is 32.1. The summed E-state index contributed by atoms with van der Waals surface area (Å²) >= 11 is 1.06. The van der Waals surface area contributed by atoms with E-state index in [1.807, 2.05) is 0 Å². The maximum atomic E-state index is 13.0. The number of fused-ring (bicyclic) bond motifs is 1. The van der Waals surface area contributed by atoms with Crippen molar-refractivity contribution in [3.8, 4) is 5.75 Å². The van der Waals surface area contributed by atoms with Crippen molar-refractivity contribution in [1.29, 1.82) is 0 Å². The molecule has 0 aliphatic heterocycles. The average Bonchev–Trinajstić information content (AvgIpc) is 3.36. The van der Waals surface area contributed by atoms with E-state index in [1.54, 1.807) is 4.68 Å². The minimum Gasteiger partial charge on any atom is -0.435 e. The second-order valence-electron chi connectivity index (χ2n) is 9.69. The minimum absolute atomic E-state index is 0.0195. The first-order chi connectivity index (χ1) is 16.3. The lowest BCUT2D eigenvalue weighted by Crippen LogP contribution is -2.52. The van der Waals surface area contributed by atoms with Gasteiger partial charge in [0.05, 0.1) is 20.7 Å². The van der Waals surface area contributed by atoms with Crippen LogP contribution in [0.3, 0.4) is 0 Å². The summed E-state index contributed by atoms with van der Waals surface area (Å²) in [6.45, 7) is -2.95. The topological polar surface area (TPSA) is 112 Å². The van der Waals surface area contributed by atoms with Gasteiger partial charge in [0.2, 0.25) is 5.69 Å². The van der Waals surface area contributed by atoms with Crippen molar-refractivity contribution in [2.24, 2.45) is 17.8 Å². The molecule has 3 aromatic rings. The summed E-state index contributed by atoms with van der Waals surface area (Å²) in [4.78, 5) is 28.5. The van der Waals surface area contributed by atoms with Crippen LogP contribution in [0.25, 0.3) is 10.2 Å². The van der Waals surface area contributed by atoms with E-state index in [1.165, 1.54) is 43.7 Å². The van der Waals surface area contributed by atoms with Gasteiger partial charge in [-0.05, 0) is 74.5 Å². The highest BCUT2D eigenvalue weighted by molar-refractivity contribution is 7.22. The Balaban J connectivity index is 1.28. The Labute approximate surface area is 196 Å². The van der Waals surface area contributed by atoms with E-state index in [2.05, 4.69) is 20.1 Å². The van der Waals surface area contributed by atoms with E-state index in [4.69, 9.17) is 0 Å². The van der Waals surface area contributed by atoms with Crippen molar-refractivity contribution in [2.45, 2.75) is 50.7 Å². The Morgan fingerprint density at radius 1 is 1.24 bits per heavy atom. The quantitative estimate of drug-likeness (QED) is 0.377. The lowest BCUT2D eigenvalue weighted by atomic mass is 9.53. The van der Waals surface area contributed by atoms with Crippen LogP contribution < -0.4 is 10.1 Å². The number of carbonyl (C=O) groups excluding carboxylic acids is 1. The monoisotopic (exact) mass is 489 g/mol. The lowest BCUT2D eigenvalue weighted by molar-refractivity contribution is -0.385. The Morgan fingerprint density at radius 3 is 2.53 bits per heavy atom. The van der Waals surface area contributed by atoms with E-state index < -0.39 is 17.4 Å². The molecule has 178 valence electrons. The van der Waals surface area contributed by atoms with Gasteiger partial charge in [-0.15, -0.1) is 0 Å². The number of rotatable bonds is 6. The Morgan fingerprint density at radius 2 is 1.91 bits per heavy atom. The van der Waals surface area contributed by atoms with Crippen molar-refractivity contribution < 1.29 is 23.2 Å². The lowest BCUT2D eigenvalue weighted by Gasteiger charge is -2.56. The molecule has 0 unspecified atom stereocenters. The normalized spacial score (nSPS) is 27.4. The molecule has 0 saturated heterocycles. The van der Waals surface area contributed by atoms with Crippen molar-refractivity contribution in [2.75, 3.05) is 5.32 Å². The molecule has 9 nitrogen and oxygen atoms in total. The van der Waals surface area contributed by atoms with Crippen LogP contribution in [0.2, 0.25) is 0 Å². The number of ether oxygens (including phenoxy) is 1. The first kappa shape index (κ1) is 21.4. The van der Waals surface area contributed by atoms with E-state index in [0.717, 1.165) is 30.6 Å². The van der Waals surface area contributed by atoms with Gasteiger partial charge in [-0.25, -0.2) is 4.98 Å². The highest BCUT2D eigenvalue weighted by Crippen LogP contribution is 2.58. The zero-order valence-corrected chi connectivity index (χ0v) is 18.8. The number of halogens is 2. The van der Waals surface area contributed by atoms with Crippen LogP contribution in [0.1, 0.15) is 49.0 Å². The maximum Gasteiger partial charge on any atom is 0.387 e. The molecular weight excluding hydrogens is 468 g/mol. The number of thiazole rings is 1. The van der Waals surface area contributed by atoms with Gasteiger partial charge in [0, 0.05) is 0 Å². The summed E-state index contributed by atoms with van der Waals surface area (Å²) < 4.78 is 31.6. The molecule has 4 aliphatic carbocycles. The van der Waals surface area contributed by atoms with Crippen molar-refractivity contribution >= 4 is 38.3 Å². The third-order valence-electron chi connectivity index (χ3n) is 7.40. The number of alkyl halides is 2. The van der Waals surface area contributed by atoms with Crippen molar-refractivity contribution in [1.82, 2.24) is 14.8 Å². The Kier molecular flexibility index (Phi) is 4.84. The van der Waals surface area contributed by atoms with Gasteiger partial charge in [0.25, 0.3) is 5.91 Å². The molecule has 12 heteroatoms. The van der Waals surface area contributed by atoms with E-state index >= 15 is 0 Å². The number of aromatic nitrogens is 3. The number of benzene rings is 1. The molecule has 0 spiro atoms. The van der Waals surface area contributed by atoms with Gasteiger partial charge in [-0.2, -0.15) is 13.9 Å². The smallest absolute Gasteiger partial charge is 0.387 e. The first-order valence-electron chi connectivity index (χ1n) is 11.2. The summed E-state index contributed by atoms with van der Waals surface area (Å²) in [5, 5.41) is 19.0. The number of amides is 1. The number of nitrogens with zero attached hydrogens (tertiary/aromatic N) is 4. The molecule has 0 atom stereocenters. The molecule has 1 aromatic carbocycles. The number of nitro groups is 1. The number of anilines is 1. The van der Waals surface area contributed by atoms with E-state index in [-0.39, 0.29) is 27.8 Å². The van der Waals surface area contributed by atoms with Crippen molar-refractivity contribution in [3.05, 3.63) is 40.2 Å². The largest absolute Gasteiger partial charge is 0.435 e. The molecule has 34 heavy (non-hydrogen) atoms. The Hall–Kier alpha value is -3.15. The van der Waals surface area contributed by atoms with Gasteiger partial charge < -0.3 is 4.74 Å². The summed E-state index contributed by atoms with van der Waals surface area (Å²) in [5.41, 5.74) is -0.353. The Bertz CT molecular complexity index is 1270. The second kappa shape index (κ2) is 7.69. The fourth-order valence-electron chi connectivity index (χ4n) is 6.54. The molecule has 4 aliphatic rings. The number of hydrogen-bond acceptors (Lipinski definition) is 7. The molecule has 1 amide bonds. The molecule has 0 radical (unpaired) electrons. The van der Waals surface area contributed by atoms with Crippen LogP contribution in [0.4, 0.5) is 19.6 Å². The summed E-state index contributed by atoms with van der Waals surface area (Å²) in [6, 6.07) is 4.26. The third kappa shape index (κ3) is 3.60. The average molecular weight is 490 g/mol. The summed E-state index contributed by atoms with van der Waals surface area (Å²) in [5.74, 6) is 1.11. The SMILES string of the molecule is O=C(Nc1nc2ccc(OC(F)F)cc2s1)c1nn(C23CC4CC(CC(C4)C2)C3)cc1[N+](=O)[O-]. The predicted octanol–water partition coefficient (Wildman–Crippen LogP) is 5.18. The number of carbonyl (C=O) groups is 1. The molecule has 2 heterocycles. The van der Waals surface area contributed by atoms with Gasteiger partial charge in [-0.1, -0.05) is 11.3 Å². The second-order valence-corrected chi connectivity index (χ2v) is 10.7. The van der Waals surface area contributed by atoms with Crippen LogP contribution in [0, 0.1) is 27.9 Å². The molecule has 4 saturated carbocycles. The zero-order chi connectivity index (χ0) is 23.6. The molecule has 7 rings (SSSR count).